The zero-order valence-electron chi connectivity index (χ0n) is 10.3. The Labute approximate surface area is 101 Å². The Morgan fingerprint density at radius 1 is 1.47 bits per heavy atom. The summed E-state index contributed by atoms with van der Waals surface area (Å²) in [5.74, 6) is 0.0768. The van der Waals surface area contributed by atoms with E-state index >= 15 is 0 Å². The van der Waals surface area contributed by atoms with Crippen LogP contribution in [0, 0.1) is 0 Å². The molecule has 1 amide bonds. The maximum atomic E-state index is 11.7. The van der Waals surface area contributed by atoms with Crippen molar-refractivity contribution in [2.75, 3.05) is 25.5 Å². The SMILES string of the molecule is CN(CC(=O)Nc1ncccn1)C(C)(C)CO. The summed E-state index contributed by atoms with van der Waals surface area (Å²) in [6.45, 7) is 3.88. The Kier molecular flexibility index (Phi) is 4.53. The molecule has 0 fully saturated rings. The lowest BCUT2D eigenvalue weighted by molar-refractivity contribution is -0.118. The Morgan fingerprint density at radius 2 is 2.06 bits per heavy atom. The number of hydrogen-bond donors (Lipinski definition) is 2. The van der Waals surface area contributed by atoms with Crippen LogP contribution in [0.25, 0.3) is 0 Å². The van der Waals surface area contributed by atoms with Crippen molar-refractivity contribution in [3.8, 4) is 0 Å². The van der Waals surface area contributed by atoms with E-state index < -0.39 is 5.54 Å². The largest absolute Gasteiger partial charge is 0.394 e. The van der Waals surface area contributed by atoms with Crippen LogP contribution in [0.5, 0.6) is 0 Å². The first-order valence-electron chi connectivity index (χ1n) is 5.34. The van der Waals surface area contributed by atoms with Gasteiger partial charge in [0.05, 0.1) is 13.2 Å². The molecule has 0 aliphatic heterocycles. The van der Waals surface area contributed by atoms with Crippen LogP contribution in [0.3, 0.4) is 0 Å². The highest BCUT2D eigenvalue weighted by molar-refractivity contribution is 5.90. The molecule has 0 aliphatic carbocycles. The number of likely N-dealkylation sites (N-methyl/N-ethyl adjacent to an activating group) is 1. The van der Waals surface area contributed by atoms with Crippen LogP contribution in [0.1, 0.15) is 13.8 Å². The summed E-state index contributed by atoms with van der Waals surface area (Å²) < 4.78 is 0. The topological polar surface area (TPSA) is 78.4 Å². The predicted octanol–water partition coefficient (Wildman–Crippen LogP) is 0.118. The van der Waals surface area contributed by atoms with E-state index in [1.54, 1.807) is 30.4 Å². The molecule has 0 aliphatic rings. The van der Waals surface area contributed by atoms with E-state index in [1.165, 1.54) is 0 Å². The van der Waals surface area contributed by atoms with Crippen LogP contribution in [0.4, 0.5) is 5.95 Å². The monoisotopic (exact) mass is 238 g/mol. The highest BCUT2D eigenvalue weighted by Crippen LogP contribution is 2.10. The zero-order valence-corrected chi connectivity index (χ0v) is 10.3. The van der Waals surface area contributed by atoms with E-state index in [0.29, 0.717) is 0 Å². The van der Waals surface area contributed by atoms with E-state index in [2.05, 4.69) is 15.3 Å². The summed E-state index contributed by atoms with van der Waals surface area (Å²) in [5.41, 5.74) is -0.436. The molecule has 0 saturated heterocycles. The molecular formula is C11H18N4O2. The van der Waals surface area contributed by atoms with Crippen LogP contribution in [0.15, 0.2) is 18.5 Å². The van der Waals surface area contributed by atoms with Gasteiger partial charge in [-0.3, -0.25) is 15.0 Å². The molecule has 0 bridgehead atoms. The first-order chi connectivity index (χ1) is 7.95. The molecule has 0 aromatic carbocycles. The summed E-state index contributed by atoms with van der Waals surface area (Å²) in [4.78, 5) is 21.2. The molecule has 94 valence electrons. The second kappa shape index (κ2) is 5.70. The predicted molar refractivity (Wildman–Crippen MR) is 64.5 cm³/mol. The van der Waals surface area contributed by atoms with E-state index in [1.807, 2.05) is 13.8 Å². The summed E-state index contributed by atoms with van der Waals surface area (Å²) >= 11 is 0. The summed E-state index contributed by atoms with van der Waals surface area (Å²) in [6.07, 6.45) is 3.12. The van der Waals surface area contributed by atoms with Crippen molar-refractivity contribution in [2.24, 2.45) is 0 Å². The molecular weight excluding hydrogens is 220 g/mol. The van der Waals surface area contributed by atoms with Gasteiger partial charge in [-0.1, -0.05) is 0 Å². The Morgan fingerprint density at radius 3 is 2.59 bits per heavy atom. The molecule has 1 aromatic rings. The summed E-state index contributed by atoms with van der Waals surface area (Å²) in [7, 11) is 1.78. The molecule has 1 aromatic heterocycles. The number of amides is 1. The molecule has 2 N–H and O–H groups in total. The number of carbonyl (C=O) groups excluding carboxylic acids is 1. The van der Waals surface area contributed by atoms with Crippen molar-refractivity contribution in [2.45, 2.75) is 19.4 Å². The maximum absolute atomic E-state index is 11.7. The van der Waals surface area contributed by atoms with Gasteiger partial charge in [0.15, 0.2) is 0 Å². The number of hydrogen-bond acceptors (Lipinski definition) is 5. The third kappa shape index (κ3) is 4.08. The molecule has 1 rings (SSSR count). The molecule has 17 heavy (non-hydrogen) atoms. The van der Waals surface area contributed by atoms with Gasteiger partial charge in [-0.2, -0.15) is 0 Å². The summed E-state index contributed by atoms with van der Waals surface area (Å²) in [5, 5.41) is 11.8. The smallest absolute Gasteiger partial charge is 0.240 e. The van der Waals surface area contributed by atoms with Crippen LogP contribution in [-0.4, -0.2) is 51.6 Å². The minimum absolute atomic E-state index is 0.0153. The molecule has 1 heterocycles. The number of nitrogens with zero attached hydrogens (tertiary/aromatic N) is 3. The van der Waals surface area contributed by atoms with Gasteiger partial charge in [0.2, 0.25) is 11.9 Å². The lowest BCUT2D eigenvalue weighted by atomic mass is 10.1. The zero-order chi connectivity index (χ0) is 12.9. The lowest BCUT2D eigenvalue weighted by Crippen LogP contribution is -2.47. The first kappa shape index (κ1) is 13.5. The third-order valence-corrected chi connectivity index (χ3v) is 2.62. The van der Waals surface area contributed by atoms with Gasteiger partial charge < -0.3 is 5.11 Å². The fourth-order valence-corrected chi connectivity index (χ4v) is 1.08. The first-order valence-corrected chi connectivity index (χ1v) is 5.34. The van der Waals surface area contributed by atoms with Crippen LogP contribution in [0.2, 0.25) is 0 Å². The Bertz CT molecular complexity index is 367. The highest BCUT2D eigenvalue weighted by Gasteiger charge is 2.24. The van der Waals surface area contributed by atoms with Crippen molar-refractivity contribution in [1.29, 1.82) is 0 Å². The molecule has 0 unspecified atom stereocenters. The van der Waals surface area contributed by atoms with Crippen LogP contribution in [-0.2, 0) is 4.79 Å². The van der Waals surface area contributed by atoms with Crippen molar-refractivity contribution in [3.63, 3.8) is 0 Å². The molecule has 6 nitrogen and oxygen atoms in total. The van der Waals surface area contributed by atoms with Gasteiger partial charge >= 0.3 is 0 Å². The number of aromatic nitrogens is 2. The fraction of sp³-hybridized carbons (Fsp3) is 0.545. The standard InChI is InChI=1S/C11H18N4O2/c1-11(2,8-16)15(3)7-9(17)14-10-12-5-4-6-13-10/h4-6,16H,7-8H2,1-3H3,(H,12,13,14,17). The van der Waals surface area contributed by atoms with E-state index in [-0.39, 0.29) is 25.0 Å². The average Bonchev–Trinajstić information content (AvgIpc) is 2.30. The van der Waals surface area contributed by atoms with Crippen molar-refractivity contribution in [1.82, 2.24) is 14.9 Å². The van der Waals surface area contributed by atoms with Gasteiger partial charge in [-0.15, -0.1) is 0 Å². The number of aliphatic hydroxyl groups is 1. The van der Waals surface area contributed by atoms with Crippen molar-refractivity contribution in [3.05, 3.63) is 18.5 Å². The van der Waals surface area contributed by atoms with Gasteiger partial charge in [0, 0.05) is 17.9 Å². The van der Waals surface area contributed by atoms with Crippen LogP contribution < -0.4 is 5.32 Å². The molecule has 0 atom stereocenters. The van der Waals surface area contributed by atoms with Crippen molar-refractivity contribution < 1.29 is 9.90 Å². The quantitative estimate of drug-likeness (QED) is 0.761. The van der Waals surface area contributed by atoms with Crippen molar-refractivity contribution >= 4 is 11.9 Å². The molecule has 0 spiro atoms. The average molecular weight is 238 g/mol. The van der Waals surface area contributed by atoms with E-state index in [9.17, 15) is 4.79 Å². The lowest BCUT2D eigenvalue weighted by Gasteiger charge is -2.33. The number of anilines is 1. The fourth-order valence-electron chi connectivity index (χ4n) is 1.08. The van der Waals surface area contributed by atoms with Gasteiger partial charge in [-0.25, -0.2) is 9.97 Å². The second-order valence-electron chi connectivity index (χ2n) is 4.45. The van der Waals surface area contributed by atoms with Gasteiger partial charge in [0.1, 0.15) is 0 Å². The van der Waals surface area contributed by atoms with E-state index in [4.69, 9.17) is 5.11 Å². The van der Waals surface area contributed by atoms with Crippen LogP contribution >= 0.6 is 0 Å². The summed E-state index contributed by atoms with van der Waals surface area (Å²) in [6, 6.07) is 1.68. The number of rotatable bonds is 5. The minimum atomic E-state index is -0.436. The highest BCUT2D eigenvalue weighted by atomic mass is 16.3. The maximum Gasteiger partial charge on any atom is 0.240 e. The third-order valence-electron chi connectivity index (χ3n) is 2.62. The number of carbonyl (C=O) groups is 1. The molecule has 6 heteroatoms. The number of nitrogens with one attached hydrogen (secondary N) is 1. The molecule has 0 saturated carbocycles. The normalized spacial score (nSPS) is 11.6. The number of aliphatic hydroxyl groups excluding tert-OH is 1. The second-order valence-corrected chi connectivity index (χ2v) is 4.45. The van der Waals surface area contributed by atoms with Gasteiger partial charge in [0.25, 0.3) is 0 Å². The molecule has 0 radical (unpaired) electrons. The van der Waals surface area contributed by atoms with Gasteiger partial charge in [-0.05, 0) is 27.0 Å². The Balaban J connectivity index is 2.51. The minimum Gasteiger partial charge on any atom is -0.394 e. The Hall–Kier alpha value is -1.53. The van der Waals surface area contributed by atoms with E-state index in [0.717, 1.165) is 0 Å².